The average Bonchev–Trinajstić information content (AvgIpc) is 2.78. The zero-order valence-corrected chi connectivity index (χ0v) is 20.7. The number of aromatic nitrogens is 1. The van der Waals surface area contributed by atoms with Crippen LogP contribution in [0.15, 0.2) is 30.3 Å². The molecule has 2 aromatic carbocycles. The number of carbonyl (C=O) groups is 3. The Morgan fingerprint density at radius 2 is 1.62 bits per heavy atom. The number of aryl methyl sites for hydroxylation is 1. The summed E-state index contributed by atoms with van der Waals surface area (Å²) in [6, 6.07) is 8.57. The zero-order valence-electron chi connectivity index (χ0n) is 18.4. The van der Waals surface area contributed by atoms with E-state index in [1.165, 1.54) is 6.07 Å². The number of ether oxygens (including phenoxy) is 2. The van der Waals surface area contributed by atoms with Gasteiger partial charge in [-0.3, -0.25) is 14.4 Å². The van der Waals surface area contributed by atoms with Gasteiger partial charge in [0.05, 0.1) is 29.4 Å². The van der Waals surface area contributed by atoms with Crippen molar-refractivity contribution in [2.45, 2.75) is 26.7 Å². The summed E-state index contributed by atoms with van der Waals surface area (Å²) >= 11 is 19.0. The van der Waals surface area contributed by atoms with E-state index >= 15 is 0 Å². The molecular formula is C25H20Cl3NO5. The number of pyridine rings is 1. The number of esters is 2. The number of hydrogen-bond donors (Lipinski definition) is 0. The molecular weight excluding hydrogens is 501 g/mol. The number of ketones is 1. The summed E-state index contributed by atoms with van der Waals surface area (Å²) < 4.78 is 10.1. The largest absolute Gasteiger partial charge is 0.465 e. The van der Waals surface area contributed by atoms with E-state index in [1.807, 2.05) is 6.07 Å². The lowest BCUT2D eigenvalue weighted by Crippen LogP contribution is -2.36. The average molecular weight is 521 g/mol. The third-order valence-corrected chi connectivity index (χ3v) is 6.37. The Labute approximate surface area is 211 Å². The molecule has 0 spiro atoms. The predicted octanol–water partition coefficient (Wildman–Crippen LogP) is 5.89. The van der Waals surface area contributed by atoms with Crippen LogP contribution in [0.2, 0.25) is 15.1 Å². The van der Waals surface area contributed by atoms with Crippen molar-refractivity contribution in [3.05, 3.63) is 62.1 Å². The minimum atomic E-state index is -1.78. The number of benzene rings is 2. The van der Waals surface area contributed by atoms with Crippen molar-refractivity contribution < 1.29 is 23.9 Å². The van der Waals surface area contributed by atoms with E-state index in [4.69, 9.17) is 49.3 Å². The molecule has 1 aromatic heterocycles. The first kappa shape index (κ1) is 24.5. The van der Waals surface area contributed by atoms with Crippen LogP contribution in [0.4, 0.5) is 0 Å². The Bertz CT molecular complexity index is 1320. The molecule has 0 saturated carbocycles. The second-order valence-electron chi connectivity index (χ2n) is 7.70. The summed E-state index contributed by atoms with van der Waals surface area (Å²) in [5.74, 6) is -4.48. The molecule has 0 amide bonds. The number of halogens is 3. The first-order valence-electron chi connectivity index (χ1n) is 10.7. The van der Waals surface area contributed by atoms with E-state index < -0.39 is 23.6 Å². The molecule has 1 heterocycles. The fourth-order valence-electron chi connectivity index (χ4n) is 4.23. The van der Waals surface area contributed by atoms with Gasteiger partial charge in [0, 0.05) is 26.6 Å². The van der Waals surface area contributed by atoms with Crippen molar-refractivity contribution in [2.75, 3.05) is 13.2 Å². The molecule has 1 aliphatic rings. The lowest BCUT2D eigenvalue weighted by Gasteiger charge is -2.24. The van der Waals surface area contributed by atoms with Gasteiger partial charge in [0.25, 0.3) is 0 Å². The summed E-state index contributed by atoms with van der Waals surface area (Å²) in [6.07, 6.45) is 1.07. The smallest absolute Gasteiger partial charge is 0.328 e. The third-order valence-electron chi connectivity index (χ3n) is 5.63. The number of nitrogens with zero attached hydrogens (tertiary/aromatic N) is 1. The van der Waals surface area contributed by atoms with Crippen LogP contribution in [0.5, 0.6) is 0 Å². The van der Waals surface area contributed by atoms with E-state index in [0.29, 0.717) is 40.0 Å². The fourth-order valence-corrected chi connectivity index (χ4v) is 4.94. The third kappa shape index (κ3) is 4.38. The Hall–Kier alpha value is -2.67. The van der Waals surface area contributed by atoms with Crippen molar-refractivity contribution in [1.82, 2.24) is 4.98 Å². The maximum Gasteiger partial charge on any atom is 0.328 e. The van der Waals surface area contributed by atoms with Crippen LogP contribution < -0.4 is 0 Å². The van der Waals surface area contributed by atoms with E-state index in [0.717, 1.165) is 11.1 Å². The highest BCUT2D eigenvalue weighted by molar-refractivity contribution is 6.39. The lowest BCUT2D eigenvalue weighted by molar-refractivity contribution is -0.158. The Balaban J connectivity index is 2.04. The topological polar surface area (TPSA) is 82.6 Å². The molecule has 176 valence electrons. The molecule has 4 rings (SSSR count). The summed E-state index contributed by atoms with van der Waals surface area (Å²) in [6.45, 7) is 3.19. The molecule has 9 heteroatoms. The molecule has 0 fully saturated rings. The molecule has 0 radical (unpaired) electrons. The van der Waals surface area contributed by atoms with E-state index in [2.05, 4.69) is 0 Å². The molecule has 0 saturated heterocycles. The highest BCUT2D eigenvalue weighted by Gasteiger charge is 2.40. The standard InChI is InChI=1S/C25H20Cl3NO5/c1-3-33-24(31)20(25(32)34-4-2)23(30)19-15-8-6-12-5-7-13(26)9-16(12)21(15)29-22-17(19)10-14(27)11-18(22)28/h5,7,9-11,20H,3-4,6,8H2,1-2H3. The van der Waals surface area contributed by atoms with Crippen LogP contribution in [0.25, 0.3) is 22.2 Å². The minimum absolute atomic E-state index is 0.000743. The van der Waals surface area contributed by atoms with Crippen LogP contribution in [-0.4, -0.2) is 35.9 Å². The Kier molecular flexibility index (Phi) is 7.12. The molecule has 0 N–H and O–H groups in total. The first-order valence-corrected chi connectivity index (χ1v) is 11.9. The molecule has 0 unspecified atom stereocenters. The van der Waals surface area contributed by atoms with Crippen molar-refractivity contribution in [3.8, 4) is 11.3 Å². The normalized spacial score (nSPS) is 12.3. The van der Waals surface area contributed by atoms with Gasteiger partial charge in [-0.25, -0.2) is 4.98 Å². The van der Waals surface area contributed by atoms with Crippen LogP contribution in [0.3, 0.4) is 0 Å². The van der Waals surface area contributed by atoms with Crippen molar-refractivity contribution in [3.63, 3.8) is 0 Å². The number of rotatable bonds is 6. The first-order chi connectivity index (χ1) is 16.3. The van der Waals surface area contributed by atoms with E-state index in [-0.39, 0.29) is 28.8 Å². The predicted molar refractivity (Wildman–Crippen MR) is 131 cm³/mol. The zero-order chi connectivity index (χ0) is 24.6. The summed E-state index contributed by atoms with van der Waals surface area (Å²) in [5.41, 5.74) is 3.37. The van der Waals surface area contributed by atoms with Gasteiger partial charge in [0.1, 0.15) is 0 Å². The summed E-state index contributed by atoms with van der Waals surface area (Å²) in [4.78, 5) is 44.1. The highest BCUT2D eigenvalue weighted by Crippen LogP contribution is 2.41. The maximum absolute atomic E-state index is 13.9. The monoisotopic (exact) mass is 519 g/mol. The molecule has 0 atom stereocenters. The maximum atomic E-state index is 13.9. The molecule has 34 heavy (non-hydrogen) atoms. The fraction of sp³-hybridized carbons (Fsp3) is 0.280. The lowest BCUT2D eigenvalue weighted by atomic mass is 9.82. The number of carbonyl (C=O) groups excluding carboxylic acids is 3. The van der Waals surface area contributed by atoms with Crippen LogP contribution >= 0.6 is 34.8 Å². The van der Waals surface area contributed by atoms with Gasteiger partial charge in [-0.15, -0.1) is 0 Å². The van der Waals surface area contributed by atoms with Gasteiger partial charge in [0.2, 0.25) is 5.92 Å². The van der Waals surface area contributed by atoms with Crippen LogP contribution in [0.1, 0.15) is 35.3 Å². The SMILES string of the molecule is CCOC(=O)C(C(=O)OCC)C(=O)c1c2c(nc3c(Cl)cc(Cl)cc13)-c1cc(Cl)ccc1CC2. The van der Waals surface area contributed by atoms with Crippen LogP contribution in [0, 0.1) is 5.92 Å². The molecule has 6 nitrogen and oxygen atoms in total. The second kappa shape index (κ2) is 9.90. The van der Waals surface area contributed by atoms with Crippen molar-refractivity contribution >= 4 is 63.4 Å². The second-order valence-corrected chi connectivity index (χ2v) is 8.98. The number of fused-ring (bicyclic) bond motifs is 4. The number of hydrogen-bond acceptors (Lipinski definition) is 6. The summed E-state index contributed by atoms with van der Waals surface area (Å²) in [7, 11) is 0. The van der Waals surface area contributed by atoms with Gasteiger partial charge in [0.15, 0.2) is 5.78 Å². The molecule has 3 aromatic rings. The molecule has 0 bridgehead atoms. The van der Waals surface area contributed by atoms with E-state index in [9.17, 15) is 14.4 Å². The van der Waals surface area contributed by atoms with Gasteiger partial charge in [-0.05, 0) is 62.1 Å². The van der Waals surface area contributed by atoms with Gasteiger partial charge >= 0.3 is 11.9 Å². The Morgan fingerprint density at radius 1 is 0.941 bits per heavy atom. The molecule has 0 aliphatic heterocycles. The van der Waals surface area contributed by atoms with Gasteiger partial charge in [-0.1, -0.05) is 40.9 Å². The summed E-state index contributed by atoms with van der Waals surface area (Å²) in [5, 5.41) is 1.39. The quantitative estimate of drug-likeness (QED) is 0.229. The van der Waals surface area contributed by atoms with Gasteiger partial charge < -0.3 is 9.47 Å². The number of Topliss-reactive ketones (excluding diaryl/α,β-unsaturated/α-hetero) is 1. The van der Waals surface area contributed by atoms with Crippen molar-refractivity contribution in [2.24, 2.45) is 5.92 Å². The molecule has 1 aliphatic carbocycles. The highest BCUT2D eigenvalue weighted by atomic mass is 35.5. The van der Waals surface area contributed by atoms with E-state index in [1.54, 1.807) is 32.0 Å². The van der Waals surface area contributed by atoms with Crippen LogP contribution in [-0.2, 0) is 31.9 Å². The van der Waals surface area contributed by atoms with Gasteiger partial charge in [-0.2, -0.15) is 0 Å². The van der Waals surface area contributed by atoms with Crippen molar-refractivity contribution in [1.29, 1.82) is 0 Å². The minimum Gasteiger partial charge on any atom is -0.465 e. The Morgan fingerprint density at radius 3 is 2.26 bits per heavy atom.